The summed E-state index contributed by atoms with van der Waals surface area (Å²) in [5.41, 5.74) is 2.53. The van der Waals surface area contributed by atoms with E-state index in [4.69, 9.17) is 4.74 Å². The normalized spacial score (nSPS) is 15.1. The van der Waals surface area contributed by atoms with Crippen LogP contribution >= 0.6 is 0 Å². The smallest absolute Gasteiger partial charge is 0.225 e. The summed E-state index contributed by atoms with van der Waals surface area (Å²) in [5, 5.41) is 1.61. The van der Waals surface area contributed by atoms with Crippen LogP contribution in [0.5, 0.6) is 5.75 Å². The number of carbonyl (C=O) groups excluding carboxylic acids is 1. The van der Waals surface area contributed by atoms with E-state index in [9.17, 15) is 9.18 Å². The number of hydrogen-bond acceptors (Lipinski definition) is 3. The van der Waals surface area contributed by atoms with Gasteiger partial charge in [0.05, 0.1) is 11.4 Å². The van der Waals surface area contributed by atoms with Crippen molar-refractivity contribution in [1.82, 2.24) is 14.9 Å². The number of hydrogen-bond donors (Lipinski definition) is 2. The maximum absolute atomic E-state index is 13.4. The third-order valence-corrected chi connectivity index (χ3v) is 5.79. The van der Waals surface area contributed by atoms with Gasteiger partial charge < -0.3 is 14.7 Å². The number of aromatic nitrogens is 2. The van der Waals surface area contributed by atoms with E-state index >= 15 is 0 Å². The van der Waals surface area contributed by atoms with Crippen LogP contribution in [0.1, 0.15) is 35.4 Å². The van der Waals surface area contributed by atoms with E-state index in [1.165, 1.54) is 31.4 Å². The fourth-order valence-corrected chi connectivity index (χ4v) is 4.17. The molecule has 0 amide bonds. The van der Waals surface area contributed by atoms with Gasteiger partial charge in [-0.2, -0.15) is 0 Å². The molecule has 0 unspecified atom stereocenters. The van der Waals surface area contributed by atoms with Crippen LogP contribution in [0, 0.1) is 5.82 Å². The number of ketones is 1. The van der Waals surface area contributed by atoms with Crippen LogP contribution in [0.2, 0.25) is 0 Å². The van der Waals surface area contributed by atoms with Gasteiger partial charge in [-0.1, -0.05) is 6.42 Å². The summed E-state index contributed by atoms with van der Waals surface area (Å²) in [7, 11) is 0. The maximum Gasteiger partial charge on any atom is 0.225 e. The van der Waals surface area contributed by atoms with Crippen LogP contribution in [0.4, 0.5) is 4.39 Å². The van der Waals surface area contributed by atoms with Crippen LogP contribution in [0.15, 0.2) is 48.5 Å². The predicted octanol–water partition coefficient (Wildman–Crippen LogP) is 4.88. The Hall–Kier alpha value is -3.12. The van der Waals surface area contributed by atoms with Crippen molar-refractivity contribution in [3.05, 3.63) is 65.7 Å². The molecule has 0 bridgehead atoms. The largest absolute Gasteiger partial charge is 0.492 e. The maximum atomic E-state index is 13.4. The molecule has 4 aromatic rings. The van der Waals surface area contributed by atoms with Gasteiger partial charge in [0, 0.05) is 28.4 Å². The highest BCUT2D eigenvalue weighted by molar-refractivity contribution is 6.11. The number of ether oxygens (including phenoxy) is 1. The first-order valence-corrected chi connectivity index (χ1v) is 10.5. The van der Waals surface area contributed by atoms with Gasteiger partial charge in [-0.3, -0.25) is 9.69 Å². The Bertz CT molecular complexity index is 1200. The second-order valence-corrected chi connectivity index (χ2v) is 7.93. The molecule has 5 rings (SSSR count). The number of halogens is 1. The molecule has 30 heavy (non-hydrogen) atoms. The van der Waals surface area contributed by atoms with Crippen LogP contribution in [0.3, 0.4) is 0 Å². The molecule has 2 N–H and O–H groups in total. The lowest BCUT2D eigenvalue weighted by Gasteiger charge is -2.26. The lowest BCUT2D eigenvalue weighted by Crippen LogP contribution is -2.33. The number of rotatable bonds is 6. The summed E-state index contributed by atoms with van der Waals surface area (Å²) < 4.78 is 19.4. The van der Waals surface area contributed by atoms with E-state index in [-0.39, 0.29) is 11.6 Å². The van der Waals surface area contributed by atoms with Gasteiger partial charge in [0.1, 0.15) is 18.2 Å². The molecule has 0 aliphatic carbocycles. The predicted molar refractivity (Wildman–Crippen MR) is 116 cm³/mol. The summed E-state index contributed by atoms with van der Waals surface area (Å²) in [5.74, 6) is 0.327. The average molecular weight is 405 g/mol. The Morgan fingerprint density at radius 3 is 2.30 bits per heavy atom. The fraction of sp³-hybridized carbons (Fsp3) is 0.292. The summed E-state index contributed by atoms with van der Waals surface area (Å²) >= 11 is 0. The number of carbonyl (C=O) groups is 1. The first-order valence-electron chi connectivity index (χ1n) is 10.5. The van der Waals surface area contributed by atoms with E-state index < -0.39 is 0 Å². The van der Waals surface area contributed by atoms with Crippen LogP contribution in [0.25, 0.3) is 21.8 Å². The average Bonchev–Trinajstić information content (AvgIpc) is 3.37. The van der Waals surface area contributed by atoms with Gasteiger partial charge in [0.2, 0.25) is 5.78 Å². The van der Waals surface area contributed by atoms with Gasteiger partial charge in [0.15, 0.2) is 0 Å². The van der Waals surface area contributed by atoms with E-state index in [0.29, 0.717) is 23.4 Å². The zero-order chi connectivity index (χ0) is 20.5. The van der Waals surface area contributed by atoms with Gasteiger partial charge >= 0.3 is 0 Å². The van der Waals surface area contributed by atoms with Crippen molar-refractivity contribution < 1.29 is 13.9 Å². The number of H-pyrrole nitrogens is 2. The van der Waals surface area contributed by atoms with E-state index in [0.717, 1.165) is 41.8 Å². The fourth-order valence-electron chi connectivity index (χ4n) is 4.17. The van der Waals surface area contributed by atoms with Crippen molar-refractivity contribution in [3.8, 4) is 5.75 Å². The zero-order valence-corrected chi connectivity index (χ0v) is 16.7. The molecule has 2 aromatic heterocycles. The van der Waals surface area contributed by atoms with E-state index in [1.54, 1.807) is 12.1 Å². The third-order valence-electron chi connectivity index (χ3n) is 5.79. The quantitative estimate of drug-likeness (QED) is 0.449. The summed E-state index contributed by atoms with van der Waals surface area (Å²) in [4.78, 5) is 21.6. The number of benzene rings is 2. The van der Waals surface area contributed by atoms with Gasteiger partial charge in [-0.25, -0.2) is 4.39 Å². The van der Waals surface area contributed by atoms with Gasteiger partial charge in [-0.15, -0.1) is 0 Å². The third kappa shape index (κ3) is 3.83. The molecule has 3 heterocycles. The van der Waals surface area contributed by atoms with Crippen LogP contribution < -0.4 is 4.74 Å². The number of piperidine rings is 1. The zero-order valence-electron chi connectivity index (χ0n) is 16.7. The minimum absolute atomic E-state index is 0.157. The Labute approximate surface area is 173 Å². The first kappa shape index (κ1) is 18.9. The van der Waals surface area contributed by atoms with Crippen molar-refractivity contribution in [2.24, 2.45) is 0 Å². The highest BCUT2D eigenvalue weighted by Crippen LogP contribution is 2.24. The van der Waals surface area contributed by atoms with Crippen molar-refractivity contribution in [3.63, 3.8) is 0 Å². The number of nitrogens with one attached hydrogen (secondary N) is 2. The molecular formula is C24H24FN3O2. The lowest BCUT2D eigenvalue weighted by atomic mass is 10.1. The molecule has 0 atom stereocenters. The van der Waals surface area contributed by atoms with Gasteiger partial charge in [0.25, 0.3) is 0 Å². The monoisotopic (exact) mass is 405 g/mol. The van der Waals surface area contributed by atoms with Gasteiger partial charge in [-0.05, 0) is 74.5 Å². The van der Waals surface area contributed by atoms with Crippen LogP contribution in [-0.2, 0) is 0 Å². The second kappa shape index (κ2) is 7.95. The SMILES string of the molecule is O=C(c1cc2cc(F)ccc2[nH]1)c1cc2cc(OCCN3CCCCC3)ccc2[nH]1. The Kier molecular flexibility index (Phi) is 5.01. The van der Waals surface area contributed by atoms with Crippen LogP contribution in [-0.4, -0.2) is 46.9 Å². The standard InChI is InChI=1S/C24H24FN3O2/c25-18-4-6-20-16(12-18)14-22(26-20)24(29)23-15-17-13-19(5-7-21(17)27-23)30-11-10-28-8-2-1-3-9-28/h4-7,12-15,26-27H,1-3,8-11H2. The molecule has 1 aliphatic heterocycles. The molecule has 0 spiro atoms. The molecule has 1 fully saturated rings. The lowest BCUT2D eigenvalue weighted by molar-refractivity contribution is 0.103. The second-order valence-electron chi connectivity index (χ2n) is 7.93. The minimum Gasteiger partial charge on any atom is -0.492 e. The van der Waals surface area contributed by atoms with Crippen molar-refractivity contribution >= 4 is 27.6 Å². The van der Waals surface area contributed by atoms with E-state index in [1.807, 2.05) is 24.3 Å². The number of likely N-dealkylation sites (tertiary alicyclic amines) is 1. The molecule has 1 saturated heterocycles. The molecular weight excluding hydrogens is 381 g/mol. The Balaban J connectivity index is 1.30. The molecule has 1 aliphatic rings. The molecule has 2 aromatic carbocycles. The number of aromatic amines is 2. The molecule has 154 valence electrons. The summed E-state index contributed by atoms with van der Waals surface area (Å²) in [6.45, 7) is 3.92. The number of nitrogens with zero attached hydrogens (tertiary/aromatic N) is 1. The molecule has 5 nitrogen and oxygen atoms in total. The highest BCUT2D eigenvalue weighted by atomic mass is 19.1. The molecule has 6 heteroatoms. The summed E-state index contributed by atoms with van der Waals surface area (Å²) in [6, 6.07) is 13.8. The molecule has 0 radical (unpaired) electrons. The van der Waals surface area contributed by atoms with Crippen molar-refractivity contribution in [2.75, 3.05) is 26.2 Å². The number of fused-ring (bicyclic) bond motifs is 2. The van der Waals surface area contributed by atoms with Crippen molar-refractivity contribution in [1.29, 1.82) is 0 Å². The minimum atomic E-state index is -0.320. The topological polar surface area (TPSA) is 61.1 Å². The molecule has 0 saturated carbocycles. The van der Waals surface area contributed by atoms with E-state index in [2.05, 4.69) is 14.9 Å². The highest BCUT2D eigenvalue weighted by Gasteiger charge is 2.16. The van der Waals surface area contributed by atoms with Crippen molar-refractivity contribution in [2.45, 2.75) is 19.3 Å². The first-order chi connectivity index (χ1) is 14.7. The summed E-state index contributed by atoms with van der Waals surface area (Å²) in [6.07, 6.45) is 3.88. The Morgan fingerprint density at radius 2 is 1.57 bits per heavy atom. The Morgan fingerprint density at radius 1 is 0.900 bits per heavy atom.